The Bertz CT molecular complexity index is 2850. The molecule has 0 bridgehead atoms. The number of allylic oxidation sites excluding steroid dienone is 2. The highest BCUT2D eigenvalue weighted by atomic mass is 32.3. The number of phenols is 1. The van der Waals surface area contributed by atoms with Gasteiger partial charge >= 0.3 is 29.8 Å². The fourth-order valence-electron chi connectivity index (χ4n) is 7.18. The lowest BCUT2D eigenvalue weighted by atomic mass is 9.98. The largest absolute Gasteiger partial charge is 0.508 e. The Kier molecular flexibility index (Phi) is 18.9. The van der Waals surface area contributed by atoms with Crippen molar-refractivity contribution in [2.75, 3.05) is 66.1 Å². The van der Waals surface area contributed by atoms with Gasteiger partial charge in [0.2, 0.25) is 0 Å². The van der Waals surface area contributed by atoms with Crippen molar-refractivity contribution in [3.05, 3.63) is 102 Å². The number of thiophene rings is 5. The van der Waals surface area contributed by atoms with Gasteiger partial charge in [-0.3, -0.25) is 0 Å². The minimum atomic E-state index is -2.87. The average Bonchev–Trinajstić information content (AvgIpc) is 4.24. The zero-order chi connectivity index (χ0) is 51.2. The number of ether oxygens (including phenoxy) is 10. The molecule has 1 aliphatic heterocycles. The van der Waals surface area contributed by atoms with Gasteiger partial charge in [-0.1, -0.05) is 12.1 Å². The smallest absolute Gasteiger partial charge is 0.344 e. The van der Waals surface area contributed by atoms with Gasteiger partial charge < -0.3 is 52.5 Å². The molecule has 382 valence electrons. The third-order valence-corrected chi connectivity index (χ3v) is 19.8. The van der Waals surface area contributed by atoms with Gasteiger partial charge in [-0.2, -0.15) is 0 Å². The standard InChI is InChI=1S/C50H50O16S6/c1-6-57-40(52)20-62-32-15-37(67-25-32)47-48(38-16-33(26-68-38)63-21-41(53)58-7-2)50(39-17-34(27-69-39)64-22-42(54)59-8-3)72(49(47)30-11-13-31(51)14-12-30,45-18-35(28-70-45)65-23-43(55)60-9-4)46-19-36(29-71-46)66-24-44(56)61-10-5/h11-19,25-29,51H,6-10,20-24H2,1-5H3. The number of carbonyl (C=O) groups is 5. The molecule has 0 radical (unpaired) electrons. The van der Waals surface area contributed by atoms with Gasteiger partial charge in [0.15, 0.2) is 33.0 Å². The Balaban J connectivity index is 1.58. The molecule has 0 saturated carbocycles. The highest BCUT2D eigenvalue weighted by Gasteiger charge is 2.50. The number of aromatic hydroxyl groups is 1. The first-order valence-electron chi connectivity index (χ1n) is 22.4. The lowest BCUT2D eigenvalue weighted by Gasteiger charge is -2.40. The Hall–Kier alpha value is -6.30. The zero-order valence-corrected chi connectivity index (χ0v) is 44.6. The van der Waals surface area contributed by atoms with Crippen molar-refractivity contribution >= 4 is 118 Å². The number of phenolic OH excluding ortho intramolecular Hbond substituents is 1. The van der Waals surface area contributed by atoms with Crippen LogP contribution in [0.25, 0.3) is 21.0 Å². The van der Waals surface area contributed by atoms with Crippen LogP contribution in [0.5, 0.6) is 34.5 Å². The van der Waals surface area contributed by atoms with Gasteiger partial charge in [-0.25, -0.2) is 24.0 Å². The van der Waals surface area contributed by atoms with Gasteiger partial charge in [-0.15, -0.1) is 66.7 Å². The van der Waals surface area contributed by atoms with E-state index in [4.69, 9.17) is 47.4 Å². The molecule has 1 aromatic carbocycles. The van der Waals surface area contributed by atoms with Crippen LogP contribution in [0, 0.1) is 0 Å². The topological polar surface area (TPSA) is 198 Å². The Morgan fingerprint density at radius 1 is 0.417 bits per heavy atom. The lowest BCUT2D eigenvalue weighted by Crippen LogP contribution is -2.14. The van der Waals surface area contributed by atoms with E-state index in [-0.39, 0.29) is 71.8 Å². The van der Waals surface area contributed by atoms with Gasteiger partial charge in [0.1, 0.15) is 34.5 Å². The molecule has 6 aromatic rings. The summed E-state index contributed by atoms with van der Waals surface area (Å²) in [5.41, 5.74) is 2.20. The molecule has 72 heavy (non-hydrogen) atoms. The molecule has 0 atom stereocenters. The summed E-state index contributed by atoms with van der Waals surface area (Å²) < 4.78 is 57.8. The van der Waals surface area contributed by atoms with Crippen molar-refractivity contribution in [1.82, 2.24) is 0 Å². The first-order chi connectivity index (χ1) is 34.9. The van der Waals surface area contributed by atoms with Crippen LogP contribution in [0.1, 0.15) is 54.8 Å². The van der Waals surface area contributed by atoms with E-state index in [0.29, 0.717) is 34.3 Å². The molecule has 1 N–H and O–H groups in total. The molecule has 22 heteroatoms. The van der Waals surface area contributed by atoms with Gasteiger partial charge in [0.05, 0.1) is 41.5 Å². The number of hydrogen-bond acceptors (Lipinski definition) is 21. The number of hydrogen-bond donors (Lipinski definition) is 1. The maximum Gasteiger partial charge on any atom is 0.344 e. The average molecular weight is 1100 g/mol. The monoisotopic (exact) mass is 1100 g/mol. The summed E-state index contributed by atoms with van der Waals surface area (Å²) in [4.78, 5) is 66.8. The highest BCUT2D eigenvalue weighted by Crippen LogP contribution is 2.87. The summed E-state index contributed by atoms with van der Waals surface area (Å²) in [6, 6.07) is 16.2. The second kappa shape index (κ2) is 25.4. The van der Waals surface area contributed by atoms with E-state index in [1.54, 1.807) is 62.9 Å². The van der Waals surface area contributed by atoms with Crippen LogP contribution in [0.2, 0.25) is 0 Å². The lowest BCUT2D eigenvalue weighted by molar-refractivity contribution is -0.146. The van der Waals surface area contributed by atoms with E-state index in [1.807, 2.05) is 53.2 Å². The summed E-state index contributed by atoms with van der Waals surface area (Å²) in [5, 5.41) is 19.9. The third kappa shape index (κ3) is 12.6. The SMILES string of the molecule is CCOC(=O)COc1csc(C2=C(c3ccc(O)cc3)S(c3cc(OCC(=O)OCC)cs3)(c3cc(OCC(=O)OCC)cs3)C(c3cc(OCC(=O)OCC)cs3)=C2c2cc(OCC(=O)OCC)cs2)c1. The number of carbonyl (C=O) groups excluding carboxylic acids is 5. The van der Waals surface area contributed by atoms with E-state index in [2.05, 4.69) is 0 Å². The molecule has 5 aromatic heterocycles. The number of esters is 5. The summed E-state index contributed by atoms with van der Waals surface area (Å²) in [6.45, 7) is 7.74. The Morgan fingerprint density at radius 3 is 1.08 bits per heavy atom. The molecular weight excluding hydrogens is 1050 g/mol. The van der Waals surface area contributed by atoms with Crippen LogP contribution in [-0.2, 0) is 47.7 Å². The van der Waals surface area contributed by atoms with Crippen LogP contribution in [0.15, 0.2) is 89.9 Å². The van der Waals surface area contributed by atoms with E-state index in [0.717, 1.165) is 44.0 Å². The fourth-order valence-corrected chi connectivity index (χ4v) is 18.3. The van der Waals surface area contributed by atoms with Crippen LogP contribution in [0.3, 0.4) is 0 Å². The molecule has 0 amide bonds. The molecule has 0 unspecified atom stereocenters. The minimum absolute atomic E-state index is 0.0264. The Morgan fingerprint density at radius 2 is 0.722 bits per heavy atom. The summed E-state index contributed by atoms with van der Waals surface area (Å²) in [7, 11) is -2.87. The van der Waals surface area contributed by atoms with Crippen molar-refractivity contribution in [2.45, 2.75) is 43.0 Å². The third-order valence-electron chi connectivity index (χ3n) is 9.91. The van der Waals surface area contributed by atoms with Gasteiger partial charge in [0, 0.05) is 74.6 Å². The van der Waals surface area contributed by atoms with Crippen molar-refractivity contribution in [3.63, 3.8) is 0 Å². The van der Waals surface area contributed by atoms with Gasteiger partial charge in [-0.05, 0) is 70.5 Å². The molecule has 0 fully saturated rings. The molecule has 16 nitrogen and oxygen atoms in total. The molecular formula is C50H50O16S6. The van der Waals surface area contributed by atoms with Crippen molar-refractivity contribution in [3.8, 4) is 34.5 Å². The van der Waals surface area contributed by atoms with E-state index < -0.39 is 39.9 Å². The van der Waals surface area contributed by atoms with E-state index in [9.17, 15) is 29.1 Å². The molecule has 0 saturated heterocycles. The molecule has 6 heterocycles. The van der Waals surface area contributed by atoms with Crippen LogP contribution in [-0.4, -0.2) is 101 Å². The van der Waals surface area contributed by atoms with Crippen molar-refractivity contribution < 1.29 is 76.4 Å². The number of benzene rings is 1. The molecule has 1 aliphatic rings. The molecule has 7 rings (SSSR count). The fraction of sp³-hybridized carbons (Fsp3) is 0.300. The predicted octanol–water partition coefficient (Wildman–Crippen LogP) is 10.8. The van der Waals surface area contributed by atoms with Crippen LogP contribution >= 0.6 is 66.7 Å². The summed E-state index contributed by atoms with van der Waals surface area (Å²) in [6.07, 6.45) is 0. The summed E-state index contributed by atoms with van der Waals surface area (Å²) >= 11 is 6.95. The van der Waals surface area contributed by atoms with E-state index in [1.165, 1.54) is 56.7 Å². The second-order valence-corrected chi connectivity index (χ2v) is 22.7. The Labute approximate surface area is 436 Å². The second-order valence-electron chi connectivity index (χ2n) is 14.7. The normalized spacial score (nSPS) is 13.3. The van der Waals surface area contributed by atoms with E-state index >= 15 is 0 Å². The first kappa shape index (κ1) is 53.5. The first-order valence-corrected chi connectivity index (χ1v) is 28.4. The number of rotatable bonds is 26. The van der Waals surface area contributed by atoms with Crippen LogP contribution < -0.4 is 23.7 Å². The highest BCUT2D eigenvalue weighted by molar-refractivity contribution is 8.50. The van der Waals surface area contributed by atoms with Crippen LogP contribution in [0.4, 0.5) is 0 Å². The minimum Gasteiger partial charge on any atom is -0.508 e. The zero-order valence-electron chi connectivity index (χ0n) is 39.7. The quantitative estimate of drug-likeness (QED) is 0.0397. The summed E-state index contributed by atoms with van der Waals surface area (Å²) in [5.74, 6) is -0.689. The maximum atomic E-state index is 12.7. The van der Waals surface area contributed by atoms with Crippen molar-refractivity contribution in [2.24, 2.45) is 0 Å². The van der Waals surface area contributed by atoms with Gasteiger partial charge in [0.25, 0.3) is 0 Å². The predicted molar refractivity (Wildman–Crippen MR) is 278 cm³/mol. The molecule has 0 aliphatic carbocycles. The maximum absolute atomic E-state index is 12.7. The van der Waals surface area contributed by atoms with Crippen molar-refractivity contribution in [1.29, 1.82) is 0 Å². The molecule has 0 spiro atoms.